The lowest BCUT2D eigenvalue weighted by Gasteiger charge is -2.19. The van der Waals surface area contributed by atoms with Gasteiger partial charge in [0.2, 0.25) is 0 Å². The van der Waals surface area contributed by atoms with Gasteiger partial charge in [-0.1, -0.05) is 56.3 Å². The van der Waals surface area contributed by atoms with Crippen LogP contribution in [0.3, 0.4) is 0 Å². The fourth-order valence-corrected chi connectivity index (χ4v) is 3.08. The van der Waals surface area contributed by atoms with Gasteiger partial charge < -0.3 is 5.32 Å². The number of halogens is 6. The normalized spacial score (nSPS) is 12.8. The highest BCUT2D eigenvalue weighted by atomic mass is 19.4. The zero-order chi connectivity index (χ0) is 23.6. The highest BCUT2D eigenvalue weighted by Crippen LogP contribution is 2.43. The molecule has 31 heavy (non-hydrogen) atoms. The molecule has 0 saturated carbocycles. The first kappa shape index (κ1) is 24.2. The molecular formula is C23H21F6NO. The Balaban J connectivity index is 2.61. The summed E-state index contributed by atoms with van der Waals surface area (Å²) < 4.78 is 81.7. The van der Waals surface area contributed by atoms with Crippen LogP contribution in [0, 0.1) is 12.8 Å². The van der Waals surface area contributed by atoms with Crippen LogP contribution in [0.15, 0.2) is 60.7 Å². The van der Waals surface area contributed by atoms with Crippen LogP contribution in [0.25, 0.3) is 11.1 Å². The van der Waals surface area contributed by atoms with Gasteiger partial charge in [0.05, 0.1) is 11.1 Å². The molecule has 0 aliphatic heterocycles. The van der Waals surface area contributed by atoms with Crippen molar-refractivity contribution in [2.75, 3.05) is 5.32 Å². The van der Waals surface area contributed by atoms with Crippen LogP contribution in [0.4, 0.5) is 32.0 Å². The highest BCUT2D eigenvalue weighted by Gasteiger charge is 2.38. The van der Waals surface area contributed by atoms with Crippen molar-refractivity contribution in [1.82, 2.24) is 0 Å². The summed E-state index contributed by atoms with van der Waals surface area (Å²) in [6.45, 7) is 8.39. The zero-order valence-corrected chi connectivity index (χ0v) is 17.1. The molecule has 0 aromatic heterocycles. The monoisotopic (exact) mass is 441 g/mol. The Morgan fingerprint density at radius 3 is 1.94 bits per heavy atom. The van der Waals surface area contributed by atoms with Crippen molar-refractivity contribution in [3.05, 3.63) is 77.4 Å². The Hall–Kier alpha value is -3.03. The summed E-state index contributed by atoms with van der Waals surface area (Å²) in [7, 11) is 0. The lowest BCUT2D eigenvalue weighted by Crippen LogP contribution is -2.18. The maximum Gasteiger partial charge on any atom is 0.417 e. The minimum atomic E-state index is -4.94. The molecule has 0 spiro atoms. The molecule has 0 fully saturated rings. The third kappa shape index (κ3) is 5.77. The molecule has 0 radical (unpaired) electrons. The summed E-state index contributed by atoms with van der Waals surface area (Å²) >= 11 is 0. The summed E-state index contributed by atoms with van der Waals surface area (Å²) in [5, 5.41) is 2.38. The van der Waals surface area contributed by atoms with Gasteiger partial charge >= 0.3 is 12.4 Å². The van der Waals surface area contributed by atoms with E-state index in [-0.39, 0.29) is 17.2 Å². The maximum atomic E-state index is 13.7. The molecule has 2 aromatic carbocycles. The molecule has 0 heterocycles. The predicted octanol–water partition coefficient (Wildman–Crippen LogP) is 7.41. The number of hydrogen-bond donors (Lipinski definition) is 1. The van der Waals surface area contributed by atoms with E-state index in [9.17, 15) is 31.1 Å². The number of rotatable bonds is 5. The van der Waals surface area contributed by atoms with Crippen LogP contribution < -0.4 is 5.32 Å². The van der Waals surface area contributed by atoms with Crippen molar-refractivity contribution in [3.63, 3.8) is 0 Å². The molecule has 0 saturated heterocycles. The van der Waals surface area contributed by atoms with Crippen LogP contribution in [0.1, 0.15) is 30.5 Å². The molecule has 166 valence electrons. The number of benzene rings is 2. The Kier molecular flexibility index (Phi) is 7.03. The van der Waals surface area contributed by atoms with Gasteiger partial charge in [0, 0.05) is 11.3 Å². The van der Waals surface area contributed by atoms with Gasteiger partial charge in [-0.2, -0.15) is 26.3 Å². The average molecular weight is 441 g/mol. The molecule has 8 heteroatoms. The highest BCUT2D eigenvalue weighted by molar-refractivity contribution is 6.04. The average Bonchev–Trinajstić information content (AvgIpc) is 2.64. The third-order valence-corrected chi connectivity index (χ3v) is 4.54. The van der Waals surface area contributed by atoms with Crippen LogP contribution in [-0.2, 0) is 17.1 Å². The molecule has 0 unspecified atom stereocenters. The van der Waals surface area contributed by atoms with Gasteiger partial charge in [0.15, 0.2) is 0 Å². The Morgan fingerprint density at radius 2 is 1.45 bits per heavy atom. The van der Waals surface area contributed by atoms with E-state index in [1.807, 2.05) is 0 Å². The summed E-state index contributed by atoms with van der Waals surface area (Å²) in [5.74, 6) is -0.844. The van der Waals surface area contributed by atoms with Crippen molar-refractivity contribution in [3.8, 4) is 11.1 Å². The number of carbonyl (C=O) groups excluding carboxylic acids is 1. The minimum Gasteiger partial charge on any atom is -0.322 e. The van der Waals surface area contributed by atoms with Gasteiger partial charge in [-0.05, 0) is 42.2 Å². The van der Waals surface area contributed by atoms with E-state index in [4.69, 9.17) is 0 Å². The molecular weight excluding hydrogens is 420 g/mol. The Labute approximate surface area is 176 Å². The lowest BCUT2D eigenvalue weighted by molar-refractivity contribution is -0.139. The largest absolute Gasteiger partial charge is 0.417 e. The van der Waals surface area contributed by atoms with Gasteiger partial charge in [-0.25, -0.2) is 0 Å². The quantitative estimate of drug-likeness (QED) is 0.292. The van der Waals surface area contributed by atoms with E-state index >= 15 is 0 Å². The van der Waals surface area contributed by atoms with Crippen molar-refractivity contribution < 1.29 is 31.1 Å². The first-order chi connectivity index (χ1) is 14.3. The molecule has 1 amide bonds. The standard InChI is InChI=1S/C23H21F6NO/c1-5-6-16(13(2)3)21(31)30-15-8-10-18(20(12-15)23(27,28)29)17-9-7-14(4)11-19(17)22(24,25)26/h5-13H,1H2,2-4H3,(H,30,31)/b16-6+. The van der Waals surface area contributed by atoms with Crippen molar-refractivity contribution >= 4 is 11.6 Å². The number of hydrogen-bond acceptors (Lipinski definition) is 1. The second-order valence-electron chi connectivity index (χ2n) is 7.27. The fraction of sp³-hybridized carbons (Fsp3) is 0.261. The number of carbonyl (C=O) groups is 1. The Morgan fingerprint density at radius 1 is 0.935 bits per heavy atom. The minimum absolute atomic E-state index is 0.183. The van der Waals surface area contributed by atoms with E-state index in [2.05, 4.69) is 11.9 Å². The second kappa shape index (κ2) is 8.99. The van der Waals surface area contributed by atoms with E-state index in [1.165, 1.54) is 25.1 Å². The van der Waals surface area contributed by atoms with Gasteiger partial charge in [-0.3, -0.25) is 4.79 Å². The second-order valence-corrected chi connectivity index (χ2v) is 7.27. The summed E-state index contributed by atoms with van der Waals surface area (Å²) in [5.41, 5.74) is -3.27. The topological polar surface area (TPSA) is 29.1 Å². The number of allylic oxidation sites excluding steroid dienone is 2. The van der Waals surface area contributed by atoms with Crippen LogP contribution in [-0.4, -0.2) is 5.91 Å². The SMILES string of the molecule is C=C/C=C(/C(=O)Nc1ccc(-c2ccc(C)cc2C(F)(F)F)c(C(F)(F)F)c1)C(C)C. The van der Waals surface area contributed by atoms with E-state index in [0.717, 1.165) is 24.3 Å². The molecule has 0 aliphatic carbocycles. The predicted molar refractivity (Wildman–Crippen MR) is 108 cm³/mol. The van der Waals surface area contributed by atoms with E-state index in [1.54, 1.807) is 13.8 Å². The van der Waals surface area contributed by atoms with E-state index < -0.39 is 40.5 Å². The maximum absolute atomic E-state index is 13.7. The zero-order valence-electron chi connectivity index (χ0n) is 17.1. The van der Waals surface area contributed by atoms with Crippen LogP contribution in [0.5, 0.6) is 0 Å². The smallest absolute Gasteiger partial charge is 0.322 e. The molecule has 0 aliphatic rings. The molecule has 2 aromatic rings. The first-order valence-corrected chi connectivity index (χ1v) is 9.29. The van der Waals surface area contributed by atoms with Crippen LogP contribution in [0.2, 0.25) is 0 Å². The molecule has 2 rings (SSSR count). The fourth-order valence-electron chi connectivity index (χ4n) is 3.08. The summed E-state index contributed by atoms with van der Waals surface area (Å²) in [6, 6.07) is 5.86. The van der Waals surface area contributed by atoms with Gasteiger partial charge in [0.1, 0.15) is 0 Å². The number of nitrogens with one attached hydrogen (secondary N) is 1. The number of amides is 1. The lowest BCUT2D eigenvalue weighted by atomic mass is 9.93. The Bertz CT molecular complexity index is 1020. The van der Waals surface area contributed by atoms with Gasteiger partial charge in [-0.15, -0.1) is 0 Å². The van der Waals surface area contributed by atoms with Crippen molar-refractivity contribution in [2.45, 2.75) is 33.1 Å². The molecule has 0 atom stereocenters. The van der Waals surface area contributed by atoms with Gasteiger partial charge in [0.25, 0.3) is 5.91 Å². The summed E-state index contributed by atoms with van der Waals surface area (Å²) in [6.07, 6.45) is -6.95. The number of alkyl halides is 6. The molecule has 0 bridgehead atoms. The number of aryl methyl sites for hydroxylation is 1. The molecule has 2 nitrogen and oxygen atoms in total. The van der Waals surface area contributed by atoms with Crippen LogP contribution >= 0.6 is 0 Å². The third-order valence-electron chi connectivity index (χ3n) is 4.54. The van der Waals surface area contributed by atoms with E-state index in [0.29, 0.717) is 11.6 Å². The number of anilines is 1. The summed E-state index contributed by atoms with van der Waals surface area (Å²) in [4.78, 5) is 12.4. The van der Waals surface area contributed by atoms with Crippen molar-refractivity contribution in [1.29, 1.82) is 0 Å². The molecule has 1 N–H and O–H groups in total. The first-order valence-electron chi connectivity index (χ1n) is 9.29. The van der Waals surface area contributed by atoms with Crippen molar-refractivity contribution in [2.24, 2.45) is 5.92 Å².